The van der Waals surface area contributed by atoms with Crippen molar-refractivity contribution in [3.63, 3.8) is 0 Å². The van der Waals surface area contributed by atoms with E-state index < -0.39 is 0 Å². The molecule has 0 aliphatic carbocycles. The van der Waals surface area contributed by atoms with Crippen LogP contribution in [0.1, 0.15) is 11.8 Å². The van der Waals surface area contributed by atoms with Crippen LogP contribution in [0, 0.1) is 0 Å². The molecule has 0 atom stereocenters. The third-order valence-electron chi connectivity index (χ3n) is 2.27. The van der Waals surface area contributed by atoms with Crippen LogP contribution < -0.4 is 10.1 Å². The minimum Gasteiger partial charge on any atom is -0.484 e. The first-order chi connectivity index (χ1) is 8.78. The second-order valence-electron chi connectivity index (χ2n) is 3.69. The van der Waals surface area contributed by atoms with Crippen LogP contribution in [0.15, 0.2) is 28.7 Å². The van der Waals surface area contributed by atoms with Gasteiger partial charge in [-0.3, -0.25) is 0 Å². The van der Waals surface area contributed by atoms with Crippen molar-refractivity contribution in [1.29, 1.82) is 0 Å². The average molecular weight is 268 g/mol. The molecule has 1 heterocycles. The Hall–Kier alpha value is -1.59. The van der Waals surface area contributed by atoms with E-state index >= 15 is 0 Å². The Labute approximate surface area is 110 Å². The van der Waals surface area contributed by atoms with Crippen LogP contribution in [0.2, 0.25) is 5.02 Å². The van der Waals surface area contributed by atoms with Crippen LogP contribution in [-0.4, -0.2) is 23.8 Å². The zero-order valence-corrected chi connectivity index (χ0v) is 10.8. The van der Waals surface area contributed by atoms with E-state index in [1.165, 1.54) is 0 Å². The van der Waals surface area contributed by atoms with Crippen molar-refractivity contribution in [3.05, 3.63) is 41.1 Å². The smallest absolute Gasteiger partial charge is 0.253 e. The Morgan fingerprint density at radius 1 is 1.22 bits per heavy atom. The van der Waals surface area contributed by atoms with E-state index in [4.69, 9.17) is 20.8 Å². The van der Waals surface area contributed by atoms with E-state index in [1.807, 2.05) is 7.05 Å². The molecule has 1 aromatic carbocycles. The van der Waals surface area contributed by atoms with E-state index in [9.17, 15) is 0 Å². The summed E-state index contributed by atoms with van der Waals surface area (Å²) in [5.41, 5.74) is 0. The van der Waals surface area contributed by atoms with Crippen LogP contribution in [0.25, 0.3) is 0 Å². The van der Waals surface area contributed by atoms with Crippen molar-refractivity contribution >= 4 is 11.6 Å². The fourth-order valence-corrected chi connectivity index (χ4v) is 1.48. The first kappa shape index (κ1) is 12.9. The highest BCUT2D eigenvalue weighted by Gasteiger charge is 2.06. The van der Waals surface area contributed by atoms with Crippen LogP contribution >= 0.6 is 11.6 Å². The van der Waals surface area contributed by atoms with E-state index in [-0.39, 0.29) is 6.61 Å². The fourth-order valence-electron chi connectivity index (χ4n) is 1.36. The lowest BCUT2D eigenvalue weighted by Gasteiger charge is -2.02. The van der Waals surface area contributed by atoms with E-state index in [0.29, 0.717) is 23.2 Å². The van der Waals surface area contributed by atoms with Gasteiger partial charge in [-0.15, -0.1) is 10.2 Å². The number of rotatable bonds is 6. The van der Waals surface area contributed by atoms with Gasteiger partial charge in [0.15, 0.2) is 6.61 Å². The summed E-state index contributed by atoms with van der Waals surface area (Å²) in [4.78, 5) is 0. The zero-order valence-electron chi connectivity index (χ0n) is 10.0. The number of likely N-dealkylation sites (N-methyl/N-ethyl adjacent to an activating group) is 1. The molecule has 5 nitrogen and oxygen atoms in total. The van der Waals surface area contributed by atoms with Gasteiger partial charge in [0, 0.05) is 18.0 Å². The Bertz CT molecular complexity index is 484. The van der Waals surface area contributed by atoms with Crippen LogP contribution in [0.3, 0.4) is 0 Å². The standard InChI is InChI=1S/C12H14ClN3O2/c1-14-7-6-11-15-16-12(18-11)8-17-10-4-2-9(13)3-5-10/h2-5,14H,6-8H2,1H3. The summed E-state index contributed by atoms with van der Waals surface area (Å²) in [5.74, 6) is 1.80. The number of hydrogen-bond acceptors (Lipinski definition) is 5. The fraction of sp³-hybridized carbons (Fsp3) is 0.333. The quantitative estimate of drug-likeness (QED) is 0.868. The van der Waals surface area contributed by atoms with Crippen molar-refractivity contribution in [1.82, 2.24) is 15.5 Å². The summed E-state index contributed by atoms with van der Waals surface area (Å²) in [6.45, 7) is 1.06. The molecule has 0 aliphatic heterocycles. The Morgan fingerprint density at radius 2 is 1.94 bits per heavy atom. The van der Waals surface area contributed by atoms with Crippen molar-refractivity contribution in [2.45, 2.75) is 13.0 Å². The molecule has 1 aromatic heterocycles. The lowest BCUT2D eigenvalue weighted by molar-refractivity contribution is 0.259. The minimum absolute atomic E-state index is 0.258. The maximum Gasteiger partial charge on any atom is 0.253 e. The predicted molar refractivity (Wildman–Crippen MR) is 67.7 cm³/mol. The second-order valence-corrected chi connectivity index (χ2v) is 4.12. The lowest BCUT2D eigenvalue weighted by atomic mass is 10.3. The molecule has 0 amide bonds. The maximum atomic E-state index is 5.78. The molecule has 0 saturated heterocycles. The van der Waals surface area contributed by atoms with E-state index in [2.05, 4.69) is 15.5 Å². The molecule has 0 spiro atoms. The molecule has 2 aromatic rings. The summed E-state index contributed by atoms with van der Waals surface area (Å²) in [6.07, 6.45) is 0.713. The number of ether oxygens (including phenoxy) is 1. The SMILES string of the molecule is CNCCc1nnc(COc2ccc(Cl)cc2)o1. The molecular weight excluding hydrogens is 254 g/mol. The van der Waals surface area contributed by atoms with Gasteiger partial charge in [0.25, 0.3) is 5.89 Å². The molecule has 6 heteroatoms. The van der Waals surface area contributed by atoms with Gasteiger partial charge in [0.1, 0.15) is 5.75 Å². The van der Waals surface area contributed by atoms with Gasteiger partial charge in [-0.2, -0.15) is 0 Å². The molecule has 18 heavy (non-hydrogen) atoms. The molecule has 0 bridgehead atoms. The number of halogens is 1. The first-order valence-electron chi connectivity index (χ1n) is 5.62. The zero-order chi connectivity index (χ0) is 12.8. The van der Waals surface area contributed by atoms with Crippen molar-refractivity contribution in [3.8, 4) is 5.75 Å². The highest BCUT2D eigenvalue weighted by Crippen LogP contribution is 2.16. The van der Waals surface area contributed by atoms with Gasteiger partial charge in [-0.25, -0.2) is 0 Å². The highest BCUT2D eigenvalue weighted by molar-refractivity contribution is 6.30. The molecule has 1 N–H and O–H groups in total. The predicted octanol–water partition coefficient (Wildman–Crippen LogP) is 2.06. The number of nitrogens with one attached hydrogen (secondary N) is 1. The average Bonchev–Trinajstić information content (AvgIpc) is 2.84. The molecule has 0 radical (unpaired) electrons. The summed E-state index contributed by atoms with van der Waals surface area (Å²) in [5, 5.41) is 11.5. The number of nitrogens with zero attached hydrogens (tertiary/aromatic N) is 2. The molecule has 2 rings (SSSR count). The third kappa shape index (κ3) is 3.72. The van der Waals surface area contributed by atoms with Crippen molar-refractivity contribution < 1.29 is 9.15 Å². The maximum absolute atomic E-state index is 5.78. The van der Waals surface area contributed by atoms with E-state index in [1.54, 1.807) is 24.3 Å². The summed E-state index contributed by atoms with van der Waals surface area (Å²) in [7, 11) is 1.88. The number of hydrogen-bond donors (Lipinski definition) is 1. The van der Waals surface area contributed by atoms with E-state index in [0.717, 1.165) is 12.3 Å². The Kier molecular flexibility index (Phi) is 4.55. The first-order valence-corrected chi connectivity index (χ1v) is 6.00. The summed E-state index contributed by atoms with van der Waals surface area (Å²) < 4.78 is 10.9. The minimum atomic E-state index is 0.258. The number of aromatic nitrogens is 2. The monoisotopic (exact) mass is 267 g/mol. The molecule has 0 saturated carbocycles. The number of benzene rings is 1. The summed E-state index contributed by atoms with van der Waals surface area (Å²) >= 11 is 5.78. The molecule has 0 unspecified atom stereocenters. The van der Waals surface area contributed by atoms with Crippen LogP contribution in [0.4, 0.5) is 0 Å². The third-order valence-corrected chi connectivity index (χ3v) is 2.53. The van der Waals surface area contributed by atoms with Gasteiger partial charge in [-0.1, -0.05) is 11.6 Å². The molecular formula is C12H14ClN3O2. The lowest BCUT2D eigenvalue weighted by Crippen LogP contribution is -2.10. The van der Waals surface area contributed by atoms with Gasteiger partial charge >= 0.3 is 0 Å². The molecule has 0 fully saturated rings. The normalized spacial score (nSPS) is 10.6. The van der Waals surface area contributed by atoms with Gasteiger partial charge in [0.2, 0.25) is 5.89 Å². The summed E-state index contributed by atoms with van der Waals surface area (Å²) in [6, 6.07) is 7.12. The largest absolute Gasteiger partial charge is 0.484 e. The van der Waals surface area contributed by atoms with Gasteiger partial charge in [-0.05, 0) is 31.3 Å². The van der Waals surface area contributed by atoms with Gasteiger partial charge in [0.05, 0.1) is 0 Å². The topological polar surface area (TPSA) is 60.2 Å². The highest BCUT2D eigenvalue weighted by atomic mass is 35.5. The van der Waals surface area contributed by atoms with Crippen molar-refractivity contribution in [2.75, 3.05) is 13.6 Å². The molecule has 0 aliphatic rings. The van der Waals surface area contributed by atoms with Crippen LogP contribution in [0.5, 0.6) is 5.75 Å². The molecule has 96 valence electrons. The van der Waals surface area contributed by atoms with Crippen LogP contribution in [-0.2, 0) is 13.0 Å². The second kappa shape index (κ2) is 6.37. The Morgan fingerprint density at radius 3 is 2.67 bits per heavy atom. The van der Waals surface area contributed by atoms with Gasteiger partial charge < -0.3 is 14.5 Å². The van der Waals surface area contributed by atoms with Crippen molar-refractivity contribution in [2.24, 2.45) is 0 Å². The Balaban J connectivity index is 1.86.